The van der Waals surface area contributed by atoms with Crippen molar-refractivity contribution < 1.29 is 0 Å². The maximum absolute atomic E-state index is 6.85. The van der Waals surface area contributed by atoms with Gasteiger partial charge in [-0.1, -0.05) is 28.1 Å². The predicted octanol–water partition coefficient (Wildman–Crippen LogP) is 6.63. The molecule has 1 unspecified atom stereocenters. The van der Waals surface area contributed by atoms with E-state index in [1.807, 2.05) is 0 Å². The number of halogens is 2. The van der Waals surface area contributed by atoms with Crippen LogP contribution in [0.2, 0.25) is 0 Å². The Morgan fingerprint density at radius 1 is 0.810 bits per heavy atom. The molecule has 2 aromatic rings. The molecule has 2 aromatic carbocycles. The van der Waals surface area contributed by atoms with E-state index >= 15 is 0 Å². The lowest BCUT2D eigenvalue weighted by Crippen LogP contribution is -2.06. The van der Waals surface area contributed by atoms with Gasteiger partial charge in [-0.25, -0.2) is 0 Å². The molecule has 2 heteroatoms. The van der Waals surface area contributed by atoms with Gasteiger partial charge in [0.15, 0.2) is 0 Å². The molecule has 21 heavy (non-hydrogen) atoms. The van der Waals surface area contributed by atoms with Gasteiger partial charge in [-0.05, 0) is 92.1 Å². The van der Waals surface area contributed by atoms with E-state index in [1.165, 1.54) is 38.9 Å². The lowest BCUT2D eigenvalue weighted by molar-refractivity contribution is 1.03. The van der Waals surface area contributed by atoms with Gasteiger partial charge in [0, 0.05) is 4.47 Å². The standard InChI is InChI=1S/C19H22BrCl/c1-10-9-16(7-8-17(10)20)19(21)18-14(5)12(3)11(2)13(4)15(18)6/h7-9,19H,1-6H3. The summed E-state index contributed by atoms with van der Waals surface area (Å²) in [6.45, 7) is 13.1. The smallest absolute Gasteiger partial charge is 0.0840 e. The normalized spacial score (nSPS) is 12.6. The first-order valence-corrected chi connectivity index (χ1v) is 8.45. The molecule has 0 saturated heterocycles. The highest BCUT2D eigenvalue weighted by atomic mass is 79.9. The van der Waals surface area contributed by atoms with Crippen LogP contribution < -0.4 is 0 Å². The zero-order valence-electron chi connectivity index (χ0n) is 13.6. The van der Waals surface area contributed by atoms with E-state index in [1.54, 1.807) is 0 Å². The van der Waals surface area contributed by atoms with E-state index < -0.39 is 0 Å². The van der Waals surface area contributed by atoms with Gasteiger partial charge in [-0.15, -0.1) is 11.6 Å². The number of hydrogen-bond acceptors (Lipinski definition) is 0. The van der Waals surface area contributed by atoms with E-state index in [4.69, 9.17) is 11.6 Å². The molecule has 0 spiro atoms. The summed E-state index contributed by atoms with van der Waals surface area (Å²) in [6, 6.07) is 6.36. The van der Waals surface area contributed by atoms with Crippen molar-refractivity contribution in [1.29, 1.82) is 0 Å². The van der Waals surface area contributed by atoms with Gasteiger partial charge in [-0.2, -0.15) is 0 Å². The molecule has 0 N–H and O–H groups in total. The van der Waals surface area contributed by atoms with Crippen LogP contribution in [0.15, 0.2) is 22.7 Å². The van der Waals surface area contributed by atoms with Crippen molar-refractivity contribution in [1.82, 2.24) is 0 Å². The minimum atomic E-state index is -0.102. The van der Waals surface area contributed by atoms with Crippen LogP contribution in [0.25, 0.3) is 0 Å². The molecule has 0 saturated carbocycles. The highest BCUT2D eigenvalue weighted by molar-refractivity contribution is 9.10. The van der Waals surface area contributed by atoms with Gasteiger partial charge in [0.1, 0.15) is 0 Å². The van der Waals surface area contributed by atoms with Crippen LogP contribution >= 0.6 is 27.5 Å². The number of benzene rings is 2. The lowest BCUT2D eigenvalue weighted by atomic mass is 9.86. The molecule has 112 valence electrons. The Hall–Kier alpha value is -0.790. The van der Waals surface area contributed by atoms with Gasteiger partial charge < -0.3 is 0 Å². The van der Waals surface area contributed by atoms with Crippen molar-refractivity contribution in [2.75, 3.05) is 0 Å². The Morgan fingerprint density at radius 3 is 1.76 bits per heavy atom. The predicted molar refractivity (Wildman–Crippen MR) is 96.7 cm³/mol. The van der Waals surface area contributed by atoms with Gasteiger partial charge in [0.05, 0.1) is 5.38 Å². The topological polar surface area (TPSA) is 0 Å². The maximum atomic E-state index is 6.85. The molecule has 0 nitrogen and oxygen atoms in total. The van der Waals surface area contributed by atoms with Crippen molar-refractivity contribution in [2.24, 2.45) is 0 Å². The molecule has 0 radical (unpaired) electrons. The Balaban J connectivity index is 2.63. The number of hydrogen-bond donors (Lipinski definition) is 0. The first-order valence-electron chi connectivity index (χ1n) is 7.22. The van der Waals surface area contributed by atoms with Crippen molar-refractivity contribution in [3.63, 3.8) is 0 Å². The van der Waals surface area contributed by atoms with Crippen LogP contribution in [-0.2, 0) is 0 Å². The highest BCUT2D eigenvalue weighted by Gasteiger charge is 2.20. The van der Waals surface area contributed by atoms with Crippen molar-refractivity contribution >= 4 is 27.5 Å². The van der Waals surface area contributed by atoms with E-state index in [0.717, 1.165) is 10.0 Å². The summed E-state index contributed by atoms with van der Waals surface area (Å²) in [5.41, 5.74) is 10.4. The summed E-state index contributed by atoms with van der Waals surface area (Å²) in [5.74, 6) is 0. The molecule has 0 aliphatic carbocycles. The zero-order chi connectivity index (χ0) is 15.9. The molecule has 0 bridgehead atoms. The Labute approximate surface area is 141 Å². The molecule has 0 fully saturated rings. The third-order valence-electron chi connectivity index (χ3n) is 4.79. The first-order chi connectivity index (χ1) is 9.75. The largest absolute Gasteiger partial charge is 0.113 e. The summed E-state index contributed by atoms with van der Waals surface area (Å²) in [4.78, 5) is 0. The molecular weight excluding hydrogens is 344 g/mol. The Morgan fingerprint density at radius 2 is 1.29 bits per heavy atom. The van der Waals surface area contributed by atoms with Crippen molar-refractivity contribution in [3.8, 4) is 0 Å². The second-order valence-corrected chi connectivity index (χ2v) is 7.20. The quantitative estimate of drug-likeness (QED) is 0.524. The second kappa shape index (κ2) is 6.14. The van der Waals surface area contributed by atoms with E-state index in [0.29, 0.717) is 0 Å². The van der Waals surface area contributed by atoms with E-state index in [9.17, 15) is 0 Å². The molecule has 1 atom stereocenters. The summed E-state index contributed by atoms with van der Waals surface area (Å²) in [5, 5.41) is -0.102. The molecule has 0 heterocycles. The summed E-state index contributed by atoms with van der Waals surface area (Å²) in [7, 11) is 0. The van der Waals surface area contributed by atoms with E-state index in [2.05, 4.69) is 75.7 Å². The third kappa shape index (κ3) is 2.91. The fourth-order valence-electron chi connectivity index (χ4n) is 2.90. The minimum absolute atomic E-state index is 0.102. The minimum Gasteiger partial charge on any atom is -0.113 e. The highest BCUT2D eigenvalue weighted by Crippen LogP contribution is 2.38. The summed E-state index contributed by atoms with van der Waals surface area (Å²) < 4.78 is 1.12. The number of rotatable bonds is 2. The monoisotopic (exact) mass is 364 g/mol. The summed E-state index contributed by atoms with van der Waals surface area (Å²) in [6.07, 6.45) is 0. The summed E-state index contributed by atoms with van der Waals surface area (Å²) >= 11 is 10.4. The van der Waals surface area contributed by atoms with Gasteiger partial charge >= 0.3 is 0 Å². The fourth-order valence-corrected chi connectivity index (χ4v) is 3.61. The Bertz CT molecular complexity index is 672. The SMILES string of the molecule is Cc1cc(C(Cl)c2c(C)c(C)c(C)c(C)c2C)ccc1Br. The molecule has 0 aliphatic rings. The molecular formula is C19H22BrCl. The van der Waals surface area contributed by atoms with Gasteiger partial charge in [-0.3, -0.25) is 0 Å². The van der Waals surface area contributed by atoms with Gasteiger partial charge in [0.2, 0.25) is 0 Å². The second-order valence-electron chi connectivity index (χ2n) is 5.91. The molecule has 0 aromatic heterocycles. The zero-order valence-corrected chi connectivity index (χ0v) is 15.9. The lowest BCUT2D eigenvalue weighted by Gasteiger charge is -2.22. The molecule has 0 aliphatic heterocycles. The third-order valence-corrected chi connectivity index (χ3v) is 6.15. The maximum Gasteiger partial charge on any atom is 0.0840 e. The molecule has 0 amide bonds. The average Bonchev–Trinajstić information content (AvgIpc) is 2.46. The van der Waals surface area contributed by atoms with Crippen molar-refractivity contribution in [2.45, 2.75) is 46.9 Å². The van der Waals surface area contributed by atoms with Crippen LogP contribution in [0.5, 0.6) is 0 Å². The molecule has 2 rings (SSSR count). The first kappa shape index (κ1) is 16.6. The van der Waals surface area contributed by atoms with Crippen LogP contribution in [0.3, 0.4) is 0 Å². The van der Waals surface area contributed by atoms with Crippen LogP contribution in [0.1, 0.15) is 49.9 Å². The van der Waals surface area contributed by atoms with Crippen LogP contribution in [0.4, 0.5) is 0 Å². The number of alkyl halides is 1. The van der Waals surface area contributed by atoms with Crippen molar-refractivity contribution in [3.05, 3.63) is 67.2 Å². The van der Waals surface area contributed by atoms with Crippen LogP contribution in [0, 0.1) is 41.5 Å². The number of aryl methyl sites for hydroxylation is 1. The van der Waals surface area contributed by atoms with Crippen LogP contribution in [-0.4, -0.2) is 0 Å². The Kier molecular flexibility index (Phi) is 4.85. The average molecular weight is 366 g/mol. The fraction of sp³-hybridized carbons (Fsp3) is 0.368. The van der Waals surface area contributed by atoms with E-state index in [-0.39, 0.29) is 5.38 Å². The van der Waals surface area contributed by atoms with Gasteiger partial charge in [0.25, 0.3) is 0 Å².